The van der Waals surface area contributed by atoms with Gasteiger partial charge in [0.1, 0.15) is 24.8 Å². The van der Waals surface area contributed by atoms with Crippen molar-refractivity contribution in [3.63, 3.8) is 0 Å². The summed E-state index contributed by atoms with van der Waals surface area (Å²) in [5.41, 5.74) is 2.05. The molecule has 2 aromatic rings. The Morgan fingerprint density at radius 1 is 1.07 bits per heavy atom. The Morgan fingerprint density at radius 2 is 1.89 bits per heavy atom. The molecule has 0 radical (unpaired) electrons. The molecule has 0 saturated carbocycles. The second-order valence-electron chi connectivity index (χ2n) is 7.75. The molecule has 1 fully saturated rings. The summed E-state index contributed by atoms with van der Waals surface area (Å²) in [4.78, 5) is 2.17. The third kappa shape index (κ3) is 2.80. The van der Waals surface area contributed by atoms with Crippen molar-refractivity contribution in [3.05, 3.63) is 58.9 Å². The molecule has 0 amide bonds. The molecule has 0 spiro atoms. The van der Waals surface area contributed by atoms with Crippen LogP contribution in [0.15, 0.2) is 36.4 Å². The molecule has 2 heterocycles. The van der Waals surface area contributed by atoms with E-state index in [9.17, 15) is 9.50 Å². The van der Waals surface area contributed by atoms with Crippen molar-refractivity contribution in [1.29, 1.82) is 0 Å². The third-order valence-corrected chi connectivity index (χ3v) is 6.30. The van der Waals surface area contributed by atoms with Gasteiger partial charge in [-0.3, -0.25) is 4.90 Å². The number of nitrogens with zero attached hydrogens (tertiary/aromatic N) is 1. The number of aryl methyl sites for hydroxylation is 1. The van der Waals surface area contributed by atoms with Crippen LogP contribution in [0.2, 0.25) is 0 Å². The van der Waals surface area contributed by atoms with Crippen LogP contribution >= 0.6 is 0 Å². The van der Waals surface area contributed by atoms with Gasteiger partial charge in [0.05, 0.1) is 0 Å². The number of ether oxygens (including phenoxy) is 2. The van der Waals surface area contributed by atoms with E-state index >= 15 is 0 Å². The Morgan fingerprint density at radius 3 is 2.74 bits per heavy atom. The van der Waals surface area contributed by atoms with Gasteiger partial charge in [0.2, 0.25) is 0 Å². The van der Waals surface area contributed by atoms with Crippen molar-refractivity contribution in [2.24, 2.45) is 0 Å². The number of para-hydroxylation sites is 1. The van der Waals surface area contributed by atoms with Crippen molar-refractivity contribution in [3.8, 4) is 11.5 Å². The van der Waals surface area contributed by atoms with E-state index in [-0.39, 0.29) is 5.82 Å². The first kappa shape index (κ1) is 17.0. The Labute approximate surface area is 158 Å². The number of hydrogen-bond acceptors (Lipinski definition) is 4. The lowest BCUT2D eigenvalue weighted by molar-refractivity contribution is -0.123. The van der Waals surface area contributed by atoms with Gasteiger partial charge in [-0.1, -0.05) is 18.2 Å². The van der Waals surface area contributed by atoms with E-state index in [1.54, 1.807) is 12.1 Å². The highest BCUT2D eigenvalue weighted by Crippen LogP contribution is 2.45. The zero-order valence-corrected chi connectivity index (χ0v) is 15.3. The Balaban J connectivity index is 1.35. The van der Waals surface area contributed by atoms with E-state index in [1.165, 1.54) is 11.6 Å². The van der Waals surface area contributed by atoms with Crippen molar-refractivity contribution >= 4 is 0 Å². The van der Waals surface area contributed by atoms with Crippen molar-refractivity contribution in [2.75, 3.05) is 26.3 Å². The van der Waals surface area contributed by atoms with E-state index in [0.717, 1.165) is 55.0 Å². The molecule has 27 heavy (non-hydrogen) atoms. The fourth-order valence-corrected chi connectivity index (χ4v) is 4.91. The largest absolute Gasteiger partial charge is 0.486 e. The molecule has 1 aliphatic carbocycles. The summed E-state index contributed by atoms with van der Waals surface area (Å²) < 4.78 is 25.1. The summed E-state index contributed by atoms with van der Waals surface area (Å²) in [7, 11) is 0. The minimum atomic E-state index is -0.969. The molecule has 4 nitrogen and oxygen atoms in total. The molecule has 0 aromatic heterocycles. The summed E-state index contributed by atoms with van der Waals surface area (Å²) in [6.07, 6.45) is 3.27. The number of piperidine rings is 1. The summed E-state index contributed by atoms with van der Waals surface area (Å²) in [5.74, 6) is 1.90. The number of benzene rings is 2. The van der Waals surface area contributed by atoms with Crippen LogP contribution in [0.4, 0.5) is 4.39 Å². The second-order valence-corrected chi connectivity index (χ2v) is 7.75. The molecule has 2 aliphatic heterocycles. The van der Waals surface area contributed by atoms with Crippen molar-refractivity contribution in [1.82, 2.24) is 4.90 Å². The van der Waals surface area contributed by atoms with Crippen LogP contribution in [-0.4, -0.2) is 36.3 Å². The zero-order chi connectivity index (χ0) is 18.4. The number of hydrogen-bond donors (Lipinski definition) is 1. The average molecular weight is 369 g/mol. The second kappa shape index (κ2) is 6.50. The Kier molecular flexibility index (Phi) is 4.10. The molecule has 0 bridgehead atoms. The SMILES string of the molecule is OC1(N2CCC(c3cccc4c3OCCO4)CC2)CCc2cc(F)ccc21. The van der Waals surface area contributed by atoms with Crippen LogP contribution in [0.3, 0.4) is 0 Å². The highest BCUT2D eigenvalue weighted by atomic mass is 19.1. The van der Waals surface area contributed by atoms with E-state index in [1.807, 2.05) is 12.1 Å². The normalized spacial score (nSPS) is 25.4. The quantitative estimate of drug-likeness (QED) is 0.879. The van der Waals surface area contributed by atoms with Gasteiger partial charge in [-0.05, 0) is 55.4 Å². The minimum Gasteiger partial charge on any atom is -0.486 e. The number of likely N-dealkylation sites (tertiary alicyclic amines) is 1. The van der Waals surface area contributed by atoms with Crippen LogP contribution in [0.25, 0.3) is 0 Å². The van der Waals surface area contributed by atoms with Crippen molar-refractivity contribution < 1.29 is 19.0 Å². The zero-order valence-electron chi connectivity index (χ0n) is 15.3. The molecular formula is C22H24FNO3. The molecule has 1 N–H and O–H groups in total. The topological polar surface area (TPSA) is 41.9 Å². The molecule has 5 heteroatoms. The predicted octanol–water partition coefficient (Wildman–Crippen LogP) is 3.57. The molecule has 1 unspecified atom stereocenters. The molecular weight excluding hydrogens is 345 g/mol. The van der Waals surface area contributed by atoms with Gasteiger partial charge < -0.3 is 14.6 Å². The standard InChI is InChI=1S/C22H24FNO3/c23-17-4-5-19-16(14-17)6-9-22(19,25)24-10-7-15(8-11-24)18-2-1-3-20-21(18)27-13-12-26-20/h1-5,14-15,25H,6-13H2. The summed E-state index contributed by atoms with van der Waals surface area (Å²) >= 11 is 0. The van der Waals surface area contributed by atoms with Gasteiger partial charge in [0.25, 0.3) is 0 Å². The number of rotatable bonds is 2. The number of fused-ring (bicyclic) bond motifs is 2. The highest BCUT2D eigenvalue weighted by Gasteiger charge is 2.43. The van der Waals surface area contributed by atoms with Crippen LogP contribution in [0.1, 0.15) is 41.9 Å². The van der Waals surface area contributed by atoms with Gasteiger partial charge in [-0.2, -0.15) is 0 Å². The third-order valence-electron chi connectivity index (χ3n) is 6.30. The Bertz CT molecular complexity index is 863. The smallest absolute Gasteiger partial charge is 0.164 e. The van der Waals surface area contributed by atoms with Crippen LogP contribution in [0, 0.1) is 5.82 Å². The maximum atomic E-state index is 13.5. The van der Waals surface area contributed by atoms with Crippen LogP contribution in [0.5, 0.6) is 11.5 Å². The molecule has 5 rings (SSSR count). The monoisotopic (exact) mass is 369 g/mol. The van der Waals surface area contributed by atoms with E-state index in [2.05, 4.69) is 11.0 Å². The van der Waals surface area contributed by atoms with Gasteiger partial charge in [-0.25, -0.2) is 4.39 Å². The van der Waals surface area contributed by atoms with E-state index in [4.69, 9.17) is 9.47 Å². The highest BCUT2D eigenvalue weighted by molar-refractivity contribution is 5.49. The fourth-order valence-electron chi connectivity index (χ4n) is 4.91. The first-order valence-corrected chi connectivity index (χ1v) is 9.80. The number of aliphatic hydroxyl groups is 1. The molecule has 2 aromatic carbocycles. The molecule has 3 aliphatic rings. The fraction of sp³-hybridized carbons (Fsp3) is 0.455. The molecule has 1 atom stereocenters. The maximum Gasteiger partial charge on any atom is 0.164 e. The molecule has 142 valence electrons. The lowest BCUT2D eigenvalue weighted by Crippen LogP contribution is -2.48. The minimum absolute atomic E-state index is 0.229. The lowest BCUT2D eigenvalue weighted by atomic mass is 9.87. The van der Waals surface area contributed by atoms with Crippen LogP contribution < -0.4 is 9.47 Å². The maximum absolute atomic E-state index is 13.5. The van der Waals surface area contributed by atoms with Crippen LogP contribution in [-0.2, 0) is 12.1 Å². The van der Waals surface area contributed by atoms with E-state index < -0.39 is 5.72 Å². The first-order chi connectivity index (χ1) is 13.1. The molecule has 1 saturated heterocycles. The summed E-state index contributed by atoms with van der Waals surface area (Å²) in [5, 5.41) is 11.4. The summed E-state index contributed by atoms with van der Waals surface area (Å²) in [6, 6.07) is 10.9. The van der Waals surface area contributed by atoms with Gasteiger partial charge in [-0.15, -0.1) is 0 Å². The van der Waals surface area contributed by atoms with E-state index in [0.29, 0.717) is 25.6 Å². The lowest BCUT2D eigenvalue weighted by Gasteiger charge is -2.42. The summed E-state index contributed by atoms with van der Waals surface area (Å²) in [6.45, 7) is 2.81. The van der Waals surface area contributed by atoms with Gasteiger partial charge in [0, 0.05) is 24.2 Å². The van der Waals surface area contributed by atoms with Crippen molar-refractivity contribution in [2.45, 2.75) is 37.3 Å². The Hall–Kier alpha value is -2.11. The number of halogens is 1. The predicted molar refractivity (Wildman–Crippen MR) is 99.6 cm³/mol. The van der Waals surface area contributed by atoms with Gasteiger partial charge in [0.15, 0.2) is 11.5 Å². The average Bonchev–Trinajstić information content (AvgIpc) is 3.05. The first-order valence-electron chi connectivity index (χ1n) is 9.80. The van der Waals surface area contributed by atoms with Gasteiger partial charge >= 0.3 is 0 Å².